The molecule has 4 rings (SSSR count). The Hall–Kier alpha value is -4.41. The summed E-state index contributed by atoms with van der Waals surface area (Å²) in [5.74, 6) is -0.0422. The van der Waals surface area contributed by atoms with Gasteiger partial charge in [0.15, 0.2) is 5.69 Å². The number of non-ortho nitro benzene ring substituents is 1. The molecule has 168 valence electrons. The molecule has 2 aromatic heterocycles. The summed E-state index contributed by atoms with van der Waals surface area (Å²) in [5.41, 5.74) is 1.14. The molecular formula is C22H21N7O4. The lowest BCUT2D eigenvalue weighted by molar-refractivity contribution is -0.384. The number of nitro groups is 1. The molecule has 0 fully saturated rings. The van der Waals surface area contributed by atoms with Gasteiger partial charge in [-0.3, -0.25) is 19.7 Å². The first-order chi connectivity index (χ1) is 15.8. The van der Waals surface area contributed by atoms with Crippen molar-refractivity contribution in [2.75, 3.05) is 0 Å². The molecular weight excluding hydrogens is 426 g/mol. The predicted octanol–water partition coefficient (Wildman–Crippen LogP) is 2.77. The molecule has 2 aromatic carbocycles. The number of aromatic amines is 1. The molecule has 0 saturated carbocycles. The second-order valence-corrected chi connectivity index (χ2v) is 7.77. The van der Waals surface area contributed by atoms with Gasteiger partial charge < -0.3 is 9.88 Å². The topological polar surface area (TPSA) is 140 Å². The Kier molecular flexibility index (Phi) is 5.69. The number of nitrogens with one attached hydrogen (secondary N) is 1. The van der Waals surface area contributed by atoms with Gasteiger partial charge in [0.25, 0.3) is 17.2 Å². The van der Waals surface area contributed by atoms with E-state index in [1.807, 2.05) is 13.8 Å². The number of rotatable bonds is 6. The molecule has 33 heavy (non-hydrogen) atoms. The van der Waals surface area contributed by atoms with Crippen molar-refractivity contribution in [1.82, 2.24) is 29.9 Å². The Morgan fingerprint density at radius 3 is 2.70 bits per heavy atom. The van der Waals surface area contributed by atoms with Crippen molar-refractivity contribution in [3.05, 3.63) is 86.2 Å². The van der Waals surface area contributed by atoms with Crippen LogP contribution in [0.25, 0.3) is 16.6 Å². The van der Waals surface area contributed by atoms with E-state index >= 15 is 0 Å². The Morgan fingerprint density at radius 1 is 1.21 bits per heavy atom. The van der Waals surface area contributed by atoms with E-state index < -0.39 is 10.8 Å². The summed E-state index contributed by atoms with van der Waals surface area (Å²) >= 11 is 0. The van der Waals surface area contributed by atoms with Crippen LogP contribution >= 0.6 is 0 Å². The summed E-state index contributed by atoms with van der Waals surface area (Å²) in [6.45, 7) is 5.43. The van der Waals surface area contributed by atoms with E-state index in [4.69, 9.17) is 0 Å². The zero-order valence-corrected chi connectivity index (χ0v) is 18.2. The van der Waals surface area contributed by atoms with Crippen molar-refractivity contribution in [2.24, 2.45) is 0 Å². The van der Waals surface area contributed by atoms with Gasteiger partial charge in [-0.15, -0.1) is 5.10 Å². The van der Waals surface area contributed by atoms with Crippen molar-refractivity contribution < 1.29 is 9.72 Å². The van der Waals surface area contributed by atoms with Crippen molar-refractivity contribution in [2.45, 2.75) is 33.4 Å². The lowest BCUT2D eigenvalue weighted by Crippen LogP contribution is -2.38. The van der Waals surface area contributed by atoms with Crippen LogP contribution in [0.2, 0.25) is 0 Å². The van der Waals surface area contributed by atoms with Gasteiger partial charge in [0.1, 0.15) is 5.82 Å². The molecule has 0 unspecified atom stereocenters. The van der Waals surface area contributed by atoms with Crippen LogP contribution in [0.15, 0.2) is 53.3 Å². The van der Waals surface area contributed by atoms with E-state index in [0.29, 0.717) is 28.1 Å². The van der Waals surface area contributed by atoms with Gasteiger partial charge in [0.2, 0.25) is 0 Å². The predicted molar refractivity (Wildman–Crippen MR) is 120 cm³/mol. The first-order valence-corrected chi connectivity index (χ1v) is 10.2. The third-order valence-corrected chi connectivity index (χ3v) is 5.25. The summed E-state index contributed by atoms with van der Waals surface area (Å²) < 4.78 is 1.38. The summed E-state index contributed by atoms with van der Waals surface area (Å²) in [6, 6.07) is 12.7. The molecule has 1 N–H and O–H groups in total. The normalized spacial score (nSPS) is 11.2. The molecule has 1 amide bonds. The fourth-order valence-corrected chi connectivity index (χ4v) is 3.51. The number of nitrogens with zero attached hydrogens (tertiary/aromatic N) is 6. The van der Waals surface area contributed by atoms with Crippen molar-refractivity contribution in [3.8, 4) is 5.69 Å². The van der Waals surface area contributed by atoms with Crippen LogP contribution in [0.4, 0.5) is 5.69 Å². The van der Waals surface area contributed by atoms with E-state index in [0.717, 1.165) is 0 Å². The molecule has 0 saturated heterocycles. The minimum Gasteiger partial charge on any atom is -0.327 e. The summed E-state index contributed by atoms with van der Waals surface area (Å²) in [7, 11) is 0. The van der Waals surface area contributed by atoms with Gasteiger partial charge in [-0.1, -0.05) is 23.4 Å². The van der Waals surface area contributed by atoms with Crippen LogP contribution in [-0.2, 0) is 6.54 Å². The van der Waals surface area contributed by atoms with Crippen LogP contribution in [0.1, 0.15) is 35.9 Å². The van der Waals surface area contributed by atoms with Crippen molar-refractivity contribution >= 4 is 22.5 Å². The quantitative estimate of drug-likeness (QED) is 0.354. The van der Waals surface area contributed by atoms with Crippen LogP contribution in [0.5, 0.6) is 0 Å². The van der Waals surface area contributed by atoms with Gasteiger partial charge in [0, 0.05) is 18.2 Å². The maximum absolute atomic E-state index is 13.4. The molecule has 0 spiro atoms. The second-order valence-electron chi connectivity index (χ2n) is 7.77. The van der Waals surface area contributed by atoms with E-state index in [2.05, 4.69) is 20.3 Å². The molecule has 11 nitrogen and oxygen atoms in total. The molecule has 0 aliphatic rings. The number of carbonyl (C=O) groups is 1. The highest BCUT2D eigenvalue weighted by Crippen LogP contribution is 2.20. The largest absolute Gasteiger partial charge is 0.327 e. The Balaban J connectivity index is 1.67. The molecule has 0 aliphatic carbocycles. The minimum atomic E-state index is -0.500. The highest BCUT2D eigenvalue weighted by atomic mass is 16.6. The zero-order valence-electron chi connectivity index (χ0n) is 18.2. The van der Waals surface area contributed by atoms with Crippen molar-refractivity contribution in [3.63, 3.8) is 0 Å². The van der Waals surface area contributed by atoms with Gasteiger partial charge in [-0.2, -0.15) is 0 Å². The van der Waals surface area contributed by atoms with E-state index in [-0.39, 0.29) is 29.5 Å². The fraction of sp³-hybridized carbons (Fsp3) is 0.227. The summed E-state index contributed by atoms with van der Waals surface area (Å²) in [4.78, 5) is 45.1. The van der Waals surface area contributed by atoms with Crippen LogP contribution in [0.3, 0.4) is 0 Å². The van der Waals surface area contributed by atoms with Gasteiger partial charge >= 0.3 is 0 Å². The number of hydrogen-bond acceptors (Lipinski definition) is 7. The molecule has 2 heterocycles. The number of amides is 1. The first kappa shape index (κ1) is 21.8. The number of hydrogen-bond donors (Lipinski definition) is 1. The molecule has 0 atom stereocenters. The number of carbonyl (C=O) groups excluding carboxylic acids is 1. The van der Waals surface area contributed by atoms with Crippen molar-refractivity contribution in [1.29, 1.82) is 0 Å². The number of para-hydroxylation sites is 1. The van der Waals surface area contributed by atoms with E-state index in [1.165, 1.54) is 27.8 Å². The number of fused-ring (bicyclic) bond motifs is 1. The number of nitro benzene ring substituents is 1. The average Bonchev–Trinajstić information content (AvgIpc) is 3.18. The van der Waals surface area contributed by atoms with Crippen LogP contribution in [0, 0.1) is 17.0 Å². The highest BCUT2D eigenvalue weighted by Gasteiger charge is 2.26. The third kappa shape index (κ3) is 4.20. The fourth-order valence-electron chi connectivity index (χ4n) is 3.51. The smallest absolute Gasteiger partial charge is 0.276 e. The molecule has 0 radical (unpaired) electrons. The number of aromatic nitrogens is 5. The second kappa shape index (κ2) is 8.61. The Morgan fingerprint density at radius 2 is 1.97 bits per heavy atom. The van der Waals surface area contributed by atoms with E-state index in [1.54, 1.807) is 37.3 Å². The van der Waals surface area contributed by atoms with Gasteiger partial charge in [-0.05, 0) is 39.0 Å². The minimum absolute atomic E-state index is 0.0691. The molecule has 0 bridgehead atoms. The summed E-state index contributed by atoms with van der Waals surface area (Å²) in [6.07, 6.45) is 0. The van der Waals surface area contributed by atoms with Gasteiger partial charge in [0.05, 0.1) is 33.8 Å². The Labute approximate surface area is 187 Å². The number of H-pyrrole nitrogens is 1. The third-order valence-electron chi connectivity index (χ3n) is 5.25. The highest BCUT2D eigenvalue weighted by molar-refractivity contribution is 5.93. The monoisotopic (exact) mass is 447 g/mol. The van der Waals surface area contributed by atoms with Crippen LogP contribution in [-0.4, -0.2) is 46.7 Å². The lowest BCUT2D eigenvalue weighted by Gasteiger charge is -2.25. The zero-order chi connectivity index (χ0) is 23.7. The lowest BCUT2D eigenvalue weighted by atomic mass is 10.2. The maximum atomic E-state index is 13.4. The van der Waals surface area contributed by atoms with E-state index in [9.17, 15) is 19.7 Å². The Bertz CT molecular complexity index is 1420. The number of benzene rings is 2. The molecule has 11 heteroatoms. The molecule has 0 aliphatic heterocycles. The maximum Gasteiger partial charge on any atom is 0.276 e. The van der Waals surface area contributed by atoms with Gasteiger partial charge in [-0.25, -0.2) is 9.67 Å². The molecule has 4 aromatic rings. The van der Waals surface area contributed by atoms with Crippen LogP contribution < -0.4 is 5.56 Å². The first-order valence-electron chi connectivity index (χ1n) is 10.2. The summed E-state index contributed by atoms with van der Waals surface area (Å²) in [5, 5.41) is 19.6. The average molecular weight is 447 g/mol. The SMILES string of the molecule is Cc1c(C(=O)N(Cc2nc3ccccc3c(=O)[nH]2)C(C)C)nnn1-c1cccc([N+](=O)[O-])c1. The standard InChI is InChI=1S/C22H21N7O4/c1-13(2)27(12-19-23-18-10-5-4-9-17(18)21(30)24-19)22(31)20-14(3)28(26-25-20)15-7-6-8-16(11-15)29(32)33/h4-11,13H,12H2,1-3H3,(H,23,24,30).